The van der Waals surface area contributed by atoms with E-state index in [0.29, 0.717) is 17.1 Å². The highest BCUT2D eigenvalue weighted by atomic mass is 32.2. The van der Waals surface area contributed by atoms with E-state index < -0.39 is 53.4 Å². The van der Waals surface area contributed by atoms with Gasteiger partial charge in [-0.2, -0.15) is 0 Å². The summed E-state index contributed by atoms with van der Waals surface area (Å²) in [6, 6.07) is 33.6. The first-order valence-corrected chi connectivity index (χ1v) is 19.0. The van der Waals surface area contributed by atoms with Crippen molar-refractivity contribution in [2.75, 3.05) is 18.1 Å². The van der Waals surface area contributed by atoms with Crippen LogP contribution in [0.3, 0.4) is 0 Å². The van der Waals surface area contributed by atoms with Gasteiger partial charge < -0.3 is 18.9 Å². The smallest absolute Gasteiger partial charge is 0.338 e. The van der Waals surface area contributed by atoms with Gasteiger partial charge in [-0.05, 0) is 71.9 Å². The van der Waals surface area contributed by atoms with E-state index in [4.69, 9.17) is 18.9 Å². The summed E-state index contributed by atoms with van der Waals surface area (Å²) < 4.78 is 24.0. The third-order valence-corrected chi connectivity index (χ3v) is 11.0. The molecular formula is C41H44O8S2. The summed E-state index contributed by atoms with van der Waals surface area (Å²) in [5, 5.41) is 0. The Bertz CT molecular complexity index is 1660. The minimum absolute atomic E-state index is 0.239. The molecule has 0 aliphatic heterocycles. The number of rotatable bonds is 18. The van der Waals surface area contributed by atoms with Crippen LogP contribution in [0, 0.1) is 11.8 Å². The molecule has 0 aliphatic rings. The van der Waals surface area contributed by atoms with Crippen molar-refractivity contribution < 1.29 is 38.1 Å². The number of benzene rings is 4. The van der Waals surface area contributed by atoms with E-state index >= 15 is 0 Å². The van der Waals surface area contributed by atoms with Crippen LogP contribution < -0.4 is 0 Å². The average molecular weight is 729 g/mol. The van der Waals surface area contributed by atoms with E-state index in [-0.39, 0.29) is 28.5 Å². The lowest BCUT2D eigenvalue weighted by Crippen LogP contribution is -2.51. The van der Waals surface area contributed by atoms with Crippen molar-refractivity contribution in [3.05, 3.63) is 144 Å². The van der Waals surface area contributed by atoms with Gasteiger partial charge in [0, 0.05) is 0 Å². The summed E-state index contributed by atoms with van der Waals surface area (Å²) in [6.07, 6.45) is -3.93. The fraction of sp³-hybridized carbons (Fsp3) is 0.317. The van der Waals surface area contributed by atoms with Crippen LogP contribution in [0.4, 0.5) is 0 Å². The number of ether oxygens (including phenoxy) is 4. The molecule has 4 aromatic rings. The van der Waals surface area contributed by atoms with Crippen LogP contribution in [0.15, 0.2) is 121 Å². The monoisotopic (exact) mass is 728 g/mol. The van der Waals surface area contributed by atoms with Crippen LogP contribution in [0.5, 0.6) is 0 Å². The van der Waals surface area contributed by atoms with Crippen molar-refractivity contribution in [2.24, 2.45) is 11.8 Å². The molecule has 8 nitrogen and oxygen atoms in total. The maximum atomic E-state index is 13.9. The first kappa shape index (κ1) is 39.2. The summed E-state index contributed by atoms with van der Waals surface area (Å²) in [4.78, 5) is 54.6. The minimum Gasteiger partial charge on any atom is -0.458 e. The molecule has 0 heterocycles. The lowest BCUT2D eigenvalue weighted by Gasteiger charge is -2.36. The molecule has 268 valence electrons. The predicted molar refractivity (Wildman–Crippen MR) is 202 cm³/mol. The third-order valence-electron chi connectivity index (χ3n) is 7.31. The highest BCUT2D eigenvalue weighted by Gasteiger charge is 2.44. The Kier molecular flexibility index (Phi) is 15.7. The Balaban J connectivity index is 1.83. The van der Waals surface area contributed by atoms with Crippen molar-refractivity contribution in [2.45, 2.75) is 50.6 Å². The molecule has 0 radical (unpaired) electrons. The van der Waals surface area contributed by atoms with Crippen molar-refractivity contribution in [3.63, 3.8) is 0 Å². The number of esters is 4. The largest absolute Gasteiger partial charge is 0.458 e. The fourth-order valence-electron chi connectivity index (χ4n) is 4.77. The highest BCUT2D eigenvalue weighted by molar-refractivity contribution is 8.17. The number of carbonyl (C=O) groups excluding carboxylic acids is 4. The molecule has 0 aromatic heterocycles. The van der Waals surface area contributed by atoms with E-state index in [1.54, 1.807) is 145 Å². The van der Waals surface area contributed by atoms with Gasteiger partial charge in [0.05, 0.1) is 26.8 Å². The summed E-state index contributed by atoms with van der Waals surface area (Å²) >= 11 is 3.14. The van der Waals surface area contributed by atoms with Gasteiger partial charge in [0.1, 0.15) is 6.61 Å². The second kappa shape index (κ2) is 20.3. The quantitative estimate of drug-likeness (QED) is 0.0562. The van der Waals surface area contributed by atoms with E-state index in [1.165, 1.54) is 0 Å². The molecule has 0 spiro atoms. The van der Waals surface area contributed by atoms with Gasteiger partial charge in [0.15, 0.2) is 18.3 Å². The summed E-state index contributed by atoms with van der Waals surface area (Å²) in [5.74, 6) is -0.793. The first-order chi connectivity index (χ1) is 24.6. The fourth-order valence-corrected chi connectivity index (χ4v) is 7.57. The molecule has 51 heavy (non-hydrogen) atoms. The van der Waals surface area contributed by atoms with Gasteiger partial charge in [-0.25, -0.2) is 19.2 Å². The molecule has 0 saturated carbocycles. The van der Waals surface area contributed by atoms with Gasteiger partial charge in [-0.15, -0.1) is 23.5 Å². The molecule has 0 bridgehead atoms. The molecule has 0 amide bonds. The topological polar surface area (TPSA) is 105 Å². The molecule has 0 aliphatic carbocycles. The first-order valence-electron chi connectivity index (χ1n) is 16.9. The molecule has 0 N–H and O–H groups in total. The van der Waals surface area contributed by atoms with Crippen molar-refractivity contribution in [1.29, 1.82) is 0 Å². The maximum Gasteiger partial charge on any atom is 0.338 e. The minimum atomic E-state index is -1.40. The van der Waals surface area contributed by atoms with Crippen LogP contribution in [-0.4, -0.2) is 64.9 Å². The van der Waals surface area contributed by atoms with Crippen LogP contribution in [0.1, 0.15) is 69.1 Å². The van der Waals surface area contributed by atoms with Gasteiger partial charge in [-0.1, -0.05) is 100 Å². The lowest BCUT2D eigenvalue weighted by molar-refractivity contribution is -0.0974. The molecule has 10 heteroatoms. The molecule has 3 unspecified atom stereocenters. The molecule has 0 saturated heterocycles. The van der Waals surface area contributed by atoms with Crippen molar-refractivity contribution in [1.82, 2.24) is 0 Å². The van der Waals surface area contributed by atoms with Crippen LogP contribution in [0.25, 0.3) is 0 Å². The number of thioether (sulfide) groups is 2. The number of carbonyl (C=O) groups is 4. The van der Waals surface area contributed by atoms with Gasteiger partial charge in [-0.3, -0.25) is 0 Å². The van der Waals surface area contributed by atoms with Crippen LogP contribution in [0.2, 0.25) is 0 Å². The SMILES string of the molecule is CC(C)CSC(SCC(C)C)C(OC(=O)c1ccccc1)C(OC(=O)c1ccccc1)C(COC(=O)c1ccccc1)OC(=O)c1ccccc1. The predicted octanol–water partition coefficient (Wildman–Crippen LogP) is 8.62. The Labute approximate surface area is 308 Å². The van der Waals surface area contributed by atoms with Gasteiger partial charge in [0.25, 0.3) is 0 Å². The molecule has 0 fully saturated rings. The summed E-state index contributed by atoms with van der Waals surface area (Å²) in [7, 11) is 0. The second-order valence-corrected chi connectivity index (χ2v) is 15.2. The molecular weight excluding hydrogens is 685 g/mol. The zero-order valence-corrected chi connectivity index (χ0v) is 30.8. The van der Waals surface area contributed by atoms with E-state index in [9.17, 15) is 19.2 Å². The lowest BCUT2D eigenvalue weighted by atomic mass is 10.1. The standard InChI is InChI=1S/C41H44O8S2/c1-28(2)26-50-41(51-27-29(3)4)36(49-40(45)33-23-15-8-16-24-33)35(48-39(44)32-21-13-7-14-22-32)34(47-38(43)31-19-11-6-12-20-31)25-46-37(42)30-17-9-5-10-18-30/h5-24,28-29,34-36,41H,25-27H2,1-4H3. The normalized spacial score (nSPS) is 12.9. The second-order valence-electron chi connectivity index (χ2n) is 12.6. The van der Waals surface area contributed by atoms with Crippen LogP contribution >= 0.6 is 23.5 Å². The van der Waals surface area contributed by atoms with E-state index in [1.807, 2.05) is 0 Å². The number of hydrogen-bond donors (Lipinski definition) is 0. The Morgan fingerprint density at radius 2 is 0.804 bits per heavy atom. The maximum absolute atomic E-state index is 13.9. The Morgan fingerprint density at radius 1 is 0.471 bits per heavy atom. The van der Waals surface area contributed by atoms with Crippen molar-refractivity contribution >= 4 is 47.4 Å². The van der Waals surface area contributed by atoms with Gasteiger partial charge in [0.2, 0.25) is 0 Å². The number of hydrogen-bond acceptors (Lipinski definition) is 10. The summed E-state index contributed by atoms with van der Waals surface area (Å²) in [6.45, 7) is 7.85. The Morgan fingerprint density at radius 3 is 1.18 bits per heavy atom. The Hall–Kier alpha value is -4.54. The van der Waals surface area contributed by atoms with E-state index in [2.05, 4.69) is 27.7 Å². The molecule has 4 aromatic carbocycles. The zero-order valence-electron chi connectivity index (χ0n) is 29.2. The third kappa shape index (κ3) is 12.6. The highest BCUT2D eigenvalue weighted by Crippen LogP contribution is 2.36. The zero-order chi connectivity index (χ0) is 36.6. The van der Waals surface area contributed by atoms with Gasteiger partial charge >= 0.3 is 23.9 Å². The molecule has 3 atom stereocenters. The molecule has 4 rings (SSSR count). The van der Waals surface area contributed by atoms with E-state index in [0.717, 1.165) is 0 Å². The summed E-state index contributed by atoms with van der Waals surface area (Å²) in [5.41, 5.74) is 1.06. The van der Waals surface area contributed by atoms with Crippen LogP contribution in [-0.2, 0) is 18.9 Å². The van der Waals surface area contributed by atoms with Crippen molar-refractivity contribution in [3.8, 4) is 0 Å². The average Bonchev–Trinajstić information content (AvgIpc) is 3.15.